The summed E-state index contributed by atoms with van der Waals surface area (Å²) in [7, 11) is -6.78. The zero-order valence-corrected chi connectivity index (χ0v) is 13.3. The Kier molecular flexibility index (Phi) is 3.50. The third kappa shape index (κ3) is 2.45. The van der Waals surface area contributed by atoms with E-state index in [0.29, 0.717) is 13.0 Å². The Morgan fingerprint density at radius 2 is 1.95 bits per heavy atom. The number of rotatable bonds is 4. The summed E-state index contributed by atoms with van der Waals surface area (Å²) in [6.45, 7) is 2.24. The molecule has 0 radical (unpaired) electrons. The lowest BCUT2D eigenvalue weighted by Crippen LogP contribution is -2.57. The van der Waals surface area contributed by atoms with Crippen LogP contribution in [-0.2, 0) is 26.3 Å². The minimum absolute atomic E-state index is 0.0434. The Morgan fingerprint density at radius 3 is 2.62 bits per heavy atom. The molecule has 0 aromatic heterocycles. The molecule has 6 nitrogen and oxygen atoms in total. The number of sulfone groups is 1. The monoisotopic (exact) mass is 331 g/mol. The van der Waals surface area contributed by atoms with Gasteiger partial charge in [-0.05, 0) is 23.8 Å². The second-order valence-corrected chi connectivity index (χ2v) is 9.77. The minimum Gasteiger partial charge on any atom is -0.493 e. The van der Waals surface area contributed by atoms with Gasteiger partial charge in [0.2, 0.25) is 10.0 Å². The molecule has 1 fully saturated rings. The summed E-state index contributed by atoms with van der Waals surface area (Å²) in [6, 6.07) is 4.80. The van der Waals surface area contributed by atoms with Crippen LogP contribution in [0.15, 0.2) is 23.1 Å². The molecule has 116 valence electrons. The smallest absolute Gasteiger partial charge is 0.243 e. The molecule has 0 bridgehead atoms. The molecule has 2 heterocycles. The number of ether oxygens (including phenoxy) is 1. The molecule has 0 unspecified atom stereocenters. The van der Waals surface area contributed by atoms with Crippen LogP contribution in [0.5, 0.6) is 5.75 Å². The molecule has 8 heteroatoms. The van der Waals surface area contributed by atoms with Gasteiger partial charge in [0.05, 0.1) is 16.8 Å². The predicted octanol–water partition coefficient (Wildman–Crippen LogP) is 0.429. The predicted molar refractivity (Wildman–Crippen MR) is 77.6 cm³/mol. The number of sulfonamides is 1. The topological polar surface area (TPSA) is 80.8 Å². The number of hydrogen-bond acceptors (Lipinski definition) is 5. The Labute approximate surface area is 124 Å². The summed E-state index contributed by atoms with van der Waals surface area (Å²) in [6.07, 6.45) is 0.700. The van der Waals surface area contributed by atoms with Gasteiger partial charge in [-0.15, -0.1) is 0 Å². The van der Waals surface area contributed by atoms with E-state index in [1.54, 1.807) is 19.1 Å². The molecule has 1 aromatic carbocycles. The molecule has 0 amide bonds. The standard InChI is InChI=1S/C13H17NO5S2/c1-2-20(15,16)12-8-14(9-12)21(17,18)11-3-4-13-10(7-11)5-6-19-13/h3-4,7,12H,2,5-6,8-9H2,1H3. The van der Waals surface area contributed by atoms with Crippen molar-refractivity contribution >= 4 is 19.9 Å². The van der Waals surface area contributed by atoms with Crippen molar-refractivity contribution in [3.05, 3.63) is 23.8 Å². The minimum atomic E-state index is -3.61. The SMILES string of the molecule is CCS(=O)(=O)C1CN(S(=O)(=O)c2ccc3c(c2)CCO3)C1. The molecule has 3 rings (SSSR count). The summed E-state index contributed by atoms with van der Waals surface area (Å²) >= 11 is 0. The van der Waals surface area contributed by atoms with Crippen molar-refractivity contribution in [3.63, 3.8) is 0 Å². The maximum absolute atomic E-state index is 12.5. The van der Waals surface area contributed by atoms with Gasteiger partial charge in [0.25, 0.3) is 0 Å². The van der Waals surface area contributed by atoms with E-state index in [2.05, 4.69) is 0 Å². The normalized spacial score (nSPS) is 19.9. The van der Waals surface area contributed by atoms with Crippen LogP contribution in [-0.4, -0.2) is 51.8 Å². The highest BCUT2D eigenvalue weighted by Crippen LogP contribution is 2.31. The Hall–Kier alpha value is -1.12. The lowest BCUT2D eigenvalue weighted by atomic mass is 10.2. The largest absolute Gasteiger partial charge is 0.493 e. The van der Waals surface area contributed by atoms with Crippen molar-refractivity contribution in [2.45, 2.75) is 23.5 Å². The first-order valence-electron chi connectivity index (χ1n) is 6.82. The van der Waals surface area contributed by atoms with E-state index >= 15 is 0 Å². The summed E-state index contributed by atoms with van der Waals surface area (Å²) in [4.78, 5) is 0.207. The molecular weight excluding hydrogens is 314 g/mol. The molecular formula is C13H17NO5S2. The molecule has 2 aliphatic heterocycles. The van der Waals surface area contributed by atoms with Crippen molar-refractivity contribution in [2.75, 3.05) is 25.4 Å². The molecule has 0 spiro atoms. The molecule has 0 saturated carbocycles. The van der Waals surface area contributed by atoms with Crippen LogP contribution in [0.25, 0.3) is 0 Å². The second-order valence-electron chi connectivity index (χ2n) is 5.26. The van der Waals surface area contributed by atoms with Gasteiger partial charge < -0.3 is 4.74 Å². The molecule has 2 aliphatic rings. The summed E-state index contributed by atoms with van der Waals surface area (Å²) in [5.41, 5.74) is 0.884. The molecule has 1 aromatic rings. The van der Waals surface area contributed by atoms with Gasteiger partial charge >= 0.3 is 0 Å². The fraction of sp³-hybridized carbons (Fsp3) is 0.538. The van der Waals surface area contributed by atoms with E-state index < -0.39 is 25.1 Å². The maximum atomic E-state index is 12.5. The first-order chi connectivity index (χ1) is 9.84. The van der Waals surface area contributed by atoms with Crippen molar-refractivity contribution in [2.24, 2.45) is 0 Å². The number of fused-ring (bicyclic) bond motifs is 1. The Morgan fingerprint density at radius 1 is 1.24 bits per heavy atom. The van der Waals surface area contributed by atoms with E-state index in [-0.39, 0.29) is 23.7 Å². The first-order valence-corrected chi connectivity index (χ1v) is 9.97. The highest BCUT2D eigenvalue weighted by molar-refractivity contribution is 7.92. The first kappa shape index (κ1) is 14.8. The van der Waals surface area contributed by atoms with Crippen molar-refractivity contribution < 1.29 is 21.6 Å². The molecule has 0 atom stereocenters. The molecule has 21 heavy (non-hydrogen) atoms. The second kappa shape index (κ2) is 4.96. The van der Waals surface area contributed by atoms with Crippen LogP contribution in [0, 0.1) is 0 Å². The van der Waals surface area contributed by atoms with E-state index in [4.69, 9.17) is 4.74 Å². The van der Waals surface area contributed by atoms with Crippen LogP contribution in [0.4, 0.5) is 0 Å². The van der Waals surface area contributed by atoms with Gasteiger partial charge in [-0.3, -0.25) is 0 Å². The van der Waals surface area contributed by atoms with Crippen LogP contribution in [0.2, 0.25) is 0 Å². The van der Waals surface area contributed by atoms with Crippen LogP contribution in [0.1, 0.15) is 12.5 Å². The molecule has 0 N–H and O–H groups in total. The summed E-state index contributed by atoms with van der Waals surface area (Å²) in [5.74, 6) is 0.769. The van der Waals surface area contributed by atoms with Gasteiger partial charge in [0.15, 0.2) is 9.84 Å². The van der Waals surface area contributed by atoms with Gasteiger partial charge in [0.1, 0.15) is 5.75 Å². The van der Waals surface area contributed by atoms with Crippen molar-refractivity contribution in [1.82, 2.24) is 4.31 Å². The van der Waals surface area contributed by atoms with E-state index in [0.717, 1.165) is 11.3 Å². The highest BCUT2D eigenvalue weighted by Gasteiger charge is 2.42. The average molecular weight is 331 g/mol. The molecule has 1 saturated heterocycles. The maximum Gasteiger partial charge on any atom is 0.243 e. The highest BCUT2D eigenvalue weighted by atomic mass is 32.2. The van der Waals surface area contributed by atoms with Crippen molar-refractivity contribution in [1.29, 1.82) is 0 Å². The fourth-order valence-electron chi connectivity index (χ4n) is 2.53. The lowest BCUT2D eigenvalue weighted by Gasteiger charge is -2.37. The van der Waals surface area contributed by atoms with Gasteiger partial charge in [-0.2, -0.15) is 4.31 Å². The van der Waals surface area contributed by atoms with Gasteiger partial charge in [0, 0.05) is 25.3 Å². The van der Waals surface area contributed by atoms with Crippen LogP contribution in [0.3, 0.4) is 0 Å². The van der Waals surface area contributed by atoms with Gasteiger partial charge in [-0.1, -0.05) is 6.92 Å². The van der Waals surface area contributed by atoms with Crippen LogP contribution < -0.4 is 4.74 Å². The molecule has 0 aliphatic carbocycles. The quantitative estimate of drug-likeness (QED) is 0.799. The van der Waals surface area contributed by atoms with E-state index in [1.165, 1.54) is 10.4 Å². The van der Waals surface area contributed by atoms with E-state index in [1.807, 2.05) is 0 Å². The van der Waals surface area contributed by atoms with Crippen LogP contribution >= 0.6 is 0 Å². The zero-order valence-electron chi connectivity index (χ0n) is 11.6. The van der Waals surface area contributed by atoms with Gasteiger partial charge in [-0.25, -0.2) is 16.8 Å². The summed E-state index contributed by atoms with van der Waals surface area (Å²) < 4.78 is 54.9. The average Bonchev–Trinajstić information content (AvgIpc) is 2.83. The van der Waals surface area contributed by atoms with E-state index in [9.17, 15) is 16.8 Å². The summed E-state index contributed by atoms with van der Waals surface area (Å²) in [5, 5.41) is -0.574. The number of nitrogens with zero attached hydrogens (tertiary/aromatic N) is 1. The zero-order chi connectivity index (χ0) is 15.3. The third-order valence-electron chi connectivity index (χ3n) is 4.02. The number of benzene rings is 1. The Bertz CT molecular complexity index is 764. The number of hydrogen-bond donors (Lipinski definition) is 0. The fourth-order valence-corrected chi connectivity index (χ4v) is 5.59. The third-order valence-corrected chi connectivity index (χ3v) is 7.97. The lowest BCUT2D eigenvalue weighted by molar-refractivity contribution is 0.310. The van der Waals surface area contributed by atoms with Crippen molar-refractivity contribution in [3.8, 4) is 5.75 Å². The Balaban J connectivity index is 1.80.